The van der Waals surface area contributed by atoms with Gasteiger partial charge in [0.15, 0.2) is 0 Å². The van der Waals surface area contributed by atoms with E-state index in [1.165, 1.54) is 0 Å². The van der Waals surface area contributed by atoms with Crippen molar-refractivity contribution in [1.29, 1.82) is 0 Å². The summed E-state index contributed by atoms with van der Waals surface area (Å²) in [4.78, 5) is 28.8. The number of amides is 2. The Kier molecular flexibility index (Phi) is 6.04. The first-order valence-corrected chi connectivity index (χ1v) is 9.29. The molecule has 0 aliphatic carbocycles. The molecule has 2 fully saturated rings. The van der Waals surface area contributed by atoms with E-state index in [9.17, 15) is 9.59 Å². The van der Waals surface area contributed by atoms with Crippen LogP contribution in [0.4, 0.5) is 5.69 Å². The highest BCUT2D eigenvalue weighted by molar-refractivity contribution is 5.95. The monoisotopic (exact) mass is 344 g/mol. The third kappa shape index (κ3) is 4.80. The van der Waals surface area contributed by atoms with Crippen LogP contribution in [0.2, 0.25) is 0 Å². The quantitative estimate of drug-likeness (QED) is 0.839. The molecule has 2 N–H and O–H groups in total. The molecule has 2 saturated heterocycles. The Morgan fingerprint density at radius 1 is 1.16 bits per heavy atom. The van der Waals surface area contributed by atoms with Crippen molar-refractivity contribution in [2.75, 3.05) is 44.6 Å². The van der Waals surface area contributed by atoms with Crippen LogP contribution in [0.15, 0.2) is 24.3 Å². The minimum atomic E-state index is -0.0805. The lowest BCUT2D eigenvalue weighted by molar-refractivity contribution is -0.132. The van der Waals surface area contributed by atoms with Gasteiger partial charge in [0.25, 0.3) is 0 Å². The summed E-state index contributed by atoms with van der Waals surface area (Å²) in [7, 11) is 0. The third-order valence-electron chi connectivity index (χ3n) is 5.13. The van der Waals surface area contributed by atoms with Crippen molar-refractivity contribution in [3.63, 3.8) is 0 Å². The standard InChI is InChI=1S/C19H28N4O2/c1-2-22-10-12-23(13-11-22)18(24)14-15-5-7-16(8-6-15)21-19(25)17-4-3-9-20-17/h5-8,17,20H,2-4,9-14H2,1H3,(H,21,25). The second kappa shape index (κ2) is 8.45. The Balaban J connectivity index is 1.48. The van der Waals surface area contributed by atoms with E-state index in [4.69, 9.17) is 0 Å². The zero-order valence-electron chi connectivity index (χ0n) is 15.0. The van der Waals surface area contributed by atoms with Crippen LogP contribution in [-0.4, -0.2) is 66.9 Å². The number of carbonyl (C=O) groups excluding carboxylic acids is 2. The minimum Gasteiger partial charge on any atom is -0.340 e. The predicted molar refractivity (Wildman–Crippen MR) is 98.5 cm³/mol. The van der Waals surface area contributed by atoms with Gasteiger partial charge in [-0.3, -0.25) is 9.59 Å². The molecule has 0 aromatic heterocycles. The number of hydrogen-bond donors (Lipinski definition) is 2. The molecular weight excluding hydrogens is 316 g/mol. The van der Waals surface area contributed by atoms with Gasteiger partial charge in [-0.15, -0.1) is 0 Å². The van der Waals surface area contributed by atoms with E-state index in [2.05, 4.69) is 22.5 Å². The molecule has 0 saturated carbocycles. The largest absolute Gasteiger partial charge is 0.340 e. The fourth-order valence-corrected chi connectivity index (χ4v) is 3.44. The predicted octanol–water partition coefficient (Wildman–Crippen LogP) is 1.08. The third-order valence-corrected chi connectivity index (χ3v) is 5.13. The molecule has 1 aromatic rings. The summed E-state index contributed by atoms with van der Waals surface area (Å²) in [5, 5.41) is 6.13. The molecule has 1 atom stereocenters. The highest BCUT2D eigenvalue weighted by Crippen LogP contribution is 2.14. The molecule has 6 nitrogen and oxygen atoms in total. The number of rotatable bonds is 5. The highest BCUT2D eigenvalue weighted by atomic mass is 16.2. The zero-order valence-corrected chi connectivity index (χ0v) is 15.0. The number of benzene rings is 1. The van der Waals surface area contributed by atoms with Crippen molar-refractivity contribution in [2.45, 2.75) is 32.2 Å². The lowest BCUT2D eigenvalue weighted by Crippen LogP contribution is -2.48. The summed E-state index contributed by atoms with van der Waals surface area (Å²) in [6.45, 7) is 7.66. The van der Waals surface area contributed by atoms with Crippen molar-refractivity contribution in [3.8, 4) is 0 Å². The second-order valence-corrected chi connectivity index (χ2v) is 6.83. The van der Waals surface area contributed by atoms with E-state index in [0.717, 1.165) is 63.4 Å². The van der Waals surface area contributed by atoms with Crippen LogP contribution in [0.5, 0.6) is 0 Å². The molecule has 0 spiro atoms. The van der Waals surface area contributed by atoms with Crippen LogP contribution in [0, 0.1) is 0 Å². The molecule has 6 heteroatoms. The van der Waals surface area contributed by atoms with Crippen molar-refractivity contribution in [2.24, 2.45) is 0 Å². The molecule has 2 aliphatic heterocycles. The van der Waals surface area contributed by atoms with Crippen molar-refractivity contribution >= 4 is 17.5 Å². The molecule has 1 unspecified atom stereocenters. The SMILES string of the molecule is CCN1CCN(C(=O)Cc2ccc(NC(=O)C3CCCN3)cc2)CC1. The normalized spacial score (nSPS) is 21.3. The van der Waals surface area contributed by atoms with Crippen LogP contribution in [-0.2, 0) is 16.0 Å². The number of carbonyl (C=O) groups is 2. The van der Waals surface area contributed by atoms with Crippen LogP contribution in [0.25, 0.3) is 0 Å². The Labute approximate surface area is 149 Å². The smallest absolute Gasteiger partial charge is 0.241 e. The average Bonchev–Trinajstić information content (AvgIpc) is 3.18. The van der Waals surface area contributed by atoms with Gasteiger partial charge in [-0.2, -0.15) is 0 Å². The van der Waals surface area contributed by atoms with E-state index in [1.54, 1.807) is 0 Å². The Hall–Kier alpha value is -1.92. The number of piperazine rings is 1. The molecule has 136 valence electrons. The fraction of sp³-hybridized carbons (Fsp3) is 0.579. The summed E-state index contributed by atoms with van der Waals surface area (Å²) in [5.41, 5.74) is 1.77. The zero-order chi connectivity index (χ0) is 17.6. The lowest BCUT2D eigenvalue weighted by atomic mass is 10.1. The van der Waals surface area contributed by atoms with Crippen molar-refractivity contribution in [3.05, 3.63) is 29.8 Å². The van der Waals surface area contributed by atoms with Crippen LogP contribution < -0.4 is 10.6 Å². The summed E-state index contributed by atoms with van der Waals surface area (Å²) in [5.74, 6) is 0.206. The molecule has 0 radical (unpaired) electrons. The number of likely N-dealkylation sites (N-methyl/N-ethyl adjacent to an activating group) is 1. The van der Waals surface area contributed by atoms with Gasteiger partial charge in [-0.05, 0) is 43.6 Å². The van der Waals surface area contributed by atoms with E-state index < -0.39 is 0 Å². The van der Waals surface area contributed by atoms with E-state index in [1.807, 2.05) is 29.2 Å². The van der Waals surface area contributed by atoms with Crippen LogP contribution in [0.1, 0.15) is 25.3 Å². The average molecular weight is 344 g/mol. The maximum Gasteiger partial charge on any atom is 0.241 e. The summed E-state index contributed by atoms with van der Waals surface area (Å²) in [6, 6.07) is 7.54. The van der Waals surface area contributed by atoms with Gasteiger partial charge in [0.2, 0.25) is 11.8 Å². The van der Waals surface area contributed by atoms with Crippen LogP contribution >= 0.6 is 0 Å². The van der Waals surface area contributed by atoms with Gasteiger partial charge < -0.3 is 20.4 Å². The molecule has 2 aliphatic rings. The second-order valence-electron chi connectivity index (χ2n) is 6.83. The molecule has 0 bridgehead atoms. The topological polar surface area (TPSA) is 64.7 Å². The van der Waals surface area contributed by atoms with Gasteiger partial charge in [0, 0.05) is 31.9 Å². The Morgan fingerprint density at radius 3 is 2.48 bits per heavy atom. The van der Waals surface area contributed by atoms with Crippen LogP contribution in [0.3, 0.4) is 0 Å². The Bertz CT molecular complexity index is 588. The first-order valence-electron chi connectivity index (χ1n) is 9.29. The molecule has 3 rings (SSSR count). The summed E-state index contributed by atoms with van der Waals surface area (Å²) < 4.78 is 0. The maximum atomic E-state index is 12.4. The first-order chi connectivity index (χ1) is 12.2. The van der Waals surface area contributed by atoms with Gasteiger partial charge >= 0.3 is 0 Å². The van der Waals surface area contributed by atoms with Gasteiger partial charge in [0.1, 0.15) is 0 Å². The minimum absolute atomic E-state index is 0.0233. The number of hydrogen-bond acceptors (Lipinski definition) is 4. The van der Waals surface area contributed by atoms with Crippen molar-refractivity contribution < 1.29 is 9.59 Å². The summed E-state index contributed by atoms with van der Waals surface area (Å²) in [6.07, 6.45) is 2.36. The molecule has 2 amide bonds. The first kappa shape index (κ1) is 17.9. The summed E-state index contributed by atoms with van der Waals surface area (Å²) >= 11 is 0. The van der Waals surface area contributed by atoms with Gasteiger partial charge in [-0.1, -0.05) is 19.1 Å². The molecular formula is C19H28N4O2. The molecule has 1 aromatic carbocycles. The van der Waals surface area contributed by atoms with E-state index in [-0.39, 0.29) is 17.9 Å². The number of anilines is 1. The van der Waals surface area contributed by atoms with Gasteiger partial charge in [-0.25, -0.2) is 0 Å². The fourth-order valence-electron chi connectivity index (χ4n) is 3.44. The van der Waals surface area contributed by atoms with E-state index >= 15 is 0 Å². The number of nitrogens with zero attached hydrogens (tertiary/aromatic N) is 2. The molecule has 2 heterocycles. The van der Waals surface area contributed by atoms with Gasteiger partial charge in [0.05, 0.1) is 12.5 Å². The maximum absolute atomic E-state index is 12.4. The van der Waals surface area contributed by atoms with E-state index in [0.29, 0.717) is 6.42 Å². The lowest BCUT2D eigenvalue weighted by Gasteiger charge is -2.34. The Morgan fingerprint density at radius 2 is 1.88 bits per heavy atom. The number of nitrogens with one attached hydrogen (secondary N) is 2. The highest BCUT2D eigenvalue weighted by Gasteiger charge is 2.22. The molecule has 25 heavy (non-hydrogen) atoms. The van der Waals surface area contributed by atoms with Crippen molar-refractivity contribution in [1.82, 2.24) is 15.1 Å².